The first-order chi connectivity index (χ1) is 11.0. The van der Waals surface area contributed by atoms with Crippen LogP contribution in [0.3, 0.4) is 0 Å². The van der Waals surface area contributed by atoms with Gasteiger partial charge in [-0.3, -0.25) is 0 Å². The van der Waals surface area contributed by atoms with Gasteiger partial charge in [-0.2, -0.15) is 8.42 Å². The van der Waals surface area contributed by atoms with Crippen LogP contribution in [0.15, 0.2) is 0 Å². The van der Waals surface area contributed by atoms with Crippen LogP contribution in [0.1, 0.15) is 34.6 Å². The first kappa shape index (κ1) is 18.5. The minimum Gasteiger partial charge on any atom is -0.343 e. The molecule has 4 atom stereocenters. The molecule has 3 aliphatic heterocycles. The Morgan fingerprint density at radius 1 is 1.04 bits per heavy atom. The average Bonchev–Trinajstić information content (AvgIpc) is 2.88. The molecule has 10 heteroatoms. The van der Waals surface area contributed by atoms with Gasteiger partial charge in [-0.25, -0.2) is 8.37 Å². The van der Waals surface area contributed by atoms with Crippen molar-refractivity contribution in [1.29, 1.82) is 0 Å². The van der Waals surface area contributed by atoms with Crippen LogP contribution in [0.2, 0.25) is 0 Å². The molecule has 3 aliphatic rings. The lowest BCUT2D eigenvalue weighted by atomic mass is 9.98. The number of fused-ring (bicyclic) bond motifs is 3. The Morgan fingerprint density at radius 2 is 1.75 bits per heavy atom. The van der Waals surface area contributed by atoms with Gasteiger partial charge >= 0.3 is 10.4 Å². The van der Waals surface area contributed by atoms with Crippen LogP contribution in [0, 0.1) is 0 Å². The topological polar surface area (TPSA) is 98.8 Å². The van der Waals surface area contributed by atoms with Gasteiger partial charge in [0.2, 0.25) is 5.79 Å². The third kappa shape index (κ3) is 3.47. The van der Waals surface area contributed by atoms with Crippen molar-refractivity contribution in [2.75, 3.05) is 19.8 Å². The predicted octanol–water partition coefficient (Wildman–Crippen LogP) is 0.682. The van der Waals surface area contributed by atoms with Crippen LogP contribution >= 0.6 is 0 Å². The molecule has 3 fully saturated rings. The molecule has 0 saturated carbocycles. The maximum absolute atomic E-state index is 11.7. The van der Waals surface area contributed by atoms with Crippen LogP contribution in [0.5, 0.6) is 0 Å². The van der Waals surface area contributed by atoms with Crippen LogP contribution in [0.25, 0.3) is 0 Å². The van der Waals surface area contributed by atoms with Crippen molar-refractivity contribution in [3.05, 3.63) is 0 Å². The maximum atomic E-state index is 11.7. The summed E-state index contributed by atoms with van der Waals surface area (Å²) in [5, 5.41) is 0. The molecule has 3 heterocycles. The SMILES string of the molecule is CCOS(=O)(=O)OC[C@@]12OC[C@H]3OC(C)(C)O[C@H]3[C@@H]1OC(C)(C)O2. The second kappa shape index (κ2) is 5.85. The molecule has 9 nitrogen and oxygen atoms in total. The van der Waals surface area contributed by atoms with E-state index in [1.165, 1.54) is 0 Å². The van der Waals surface area contributed by atoms with Crippen molar-refractivity contribution in [3.63, 3.8) is 0 Å². The first-order valence-corrected chi connectivity index (χ1v) is 9.22. The van der Waals surface area contributed by atoms with Crippen LogP contribution < -0.4 is 0 Å². The van der Waals surface area contributed by atoms with Crippen molar-refractivity contribution < 1.29 is 40.5 Å². The molecule has 0 N–H and O–H groups in total. The molecule has 0 amide bonds. The molecule has 0 bridgehead atoms. The van der Waals surface area contributed by atoms with Gasteiger partial charge in [-0.15, -0.1) is 0 Å². The van der Waals surface area contributed by atoms with Gasteiger partial charge in [-0.05, 0) is 34.6 Å². The summed E-state index contributed by atoms with van der Waals surface area (Å²) in [5.74, 6) is -3.20. The zero-order chi connectivity index (χ0) is 17.8. The molecule has 24 heavy (non-hydrogen) atoms. The summed E-state index contributed by atoms with van der Waals surface area (Å²) < 4.78 is 62.2. The Bertz CT molecular complexity index is 587. The Morgan fingerprint density at radius 3 is 2.42 bits per heavy atom. The summed E-state index contributed by atoms with van der Waals surface area (Å²) in [6, 6.07) is 0. The van der Waals surface area contributed by atoms with E-state index < -0.39 is 46.6 Å². The van der Waals surface area contributed by atoms with Crippen molar-refractivity contribution in [2.24, 2.45) is 0 Å². The minimum absolute atomic E-state index is 0.0295. The molecule has 140 valence electrons. The first-order valence-electron chi connectivity index (χ1n) is 7.89. The molecular weight excluding hydrogens is 344 g/mol. The fourth-order valence-electron chi connectivity index (χ4n) is 3.28. The molecule has 0 aliphatic carbocycles. The second-order valence-corrected chi connectivity index (χ2v) is 8.17. The number of rotatable bonds is 5. The summed E-state index contributed by atoms with van der Waals surface area (Å²) in [4.78, 5) is 0. The van der Waals surface area contributed by atoms with E-state index in [0.717, 1.165) is 0 Å². The second-order valence-electron chi connectivity index (χ2n) is 6.88. The van der Waals surface area contributed by atoms with E-state index in [1.54, 1.807) is 34.6 Å². The normalized spacial score (nSPS) is 40.3. The van der Waals surface area contributed by atoms with Crippen LogP contribution in [0.4, 0.5) is 0 Å². The van der Waals surface area contributed by atoms with Gasteiger partial charge in [0.15, 0.2) is 11.6 Å². The highest BCUT2D eigenvalue weighted by molar-refractivity contribution is 7.81. The van der Waals surface area contributed by atoms with Crippen LogP contribution in [-0.4, -0.2) is 63.9 Å². The van der Waals surface area contributed by atoms with Gasteiger partial charge in [0, 0.05) is 0 Å². The molecule has 0 aromatic carbocycles. The fourth-order valence-corrected chi connectivity index (χ4v) is 3.95. The summed E-state index contributed by atoms with van der Waals surface area (Å²) in [5.41, 5.74) is 0. The van der Waals surface area contributed by atoms with Gasteiger partial charge in [0.25, 0.3) is 0 Å². The van der Waals surface area contributed by atoms with Crippen molar-refractivity contribution in [3.8, 4) is 0 Å². The van der Waals surface area contributed by atoms with Crippen molar-refractivity contribution in [2.45, 2.75) is 70.3 Å². The molecule has 0 spiro atoms. The molecule has 0 aromatic heterocycles. The van der Waals surface area contributed by atoms with Crippen LogP contribution in [-0.2, 0) is 42.4 Å². The highest BCUT2D eigenvalue weighted by atomic mass is 32.3. The Kier molecular flexibility index (Phi) is 4.50. The molecule has 0 radical (unpaired) electrons. The zero-order valence-corrected chi connectivity index (χ0v) is 15.3. The molecule has 0 unspecified atom stereocenters. The third-order valence-electron chi connectivity index (χ3n) is 3.94. The number of ether oxygens (including phenoxy) is 5. The van der Waals surface area contributed by atoms with E-state index in [0.29, 0.717) is 0 Å². The lowest BCUT2D eigenvalue weighted by Gasteiger charge is -2.40. The van der Waals surface area contributed by atoms with E-state index in [4.69, 9.17) is 27.9 Å². The maximum Gasteiger partial charge on any atom is 0.400 e. The minimum atomic E-state index is -4.14. The Balaban J connectivity index is 1.82. The van der Waals surface area contributed by atoms with E-state index in [9.17, 15) is 8.42 Å². The lowest BCUT2D eigenvalue weighted by Crippen LogP contribution is -2.60. The summed E-state index contributed by atoms with van der Waals surface area (Å²) in [7, 11) is -4.14. The van der Waals surface area contributed by atoms with E-state index in [-0.39, 0.29) is 19.3 Å². The highest BCUT2D eigenvalue weighted by Gasteiger charge is 2.65. The monoisotopic (exact) mass is 368 g/mol. The molecule has 3 rings (SSSR count). The quantitative estimate of drug-likeness (QED) is 0.693. The fraction of sp³-hybridized carbons (Fsp3) is 1.00. The number of hydrogen-bond acceptors (Lipinski definition) is 9. The zero-order valence-electron chi connectivity index (χ0n) is 14.4. The molecular formula is C14H24O9S. The van der Waals surface area contributed by atoms with Gasteiger partial charge < -0.3 is 23.7 Å². The van der Waals surface area contributed by atoms with E-state index in [2.05, 4.69) is 4.18 Å². The molecule has 3 saturated heterocycles. The predicted molar refractivity (Wildman–Crippen MR) is 79.0 cm³/mol. The van der Waals surface area contributed by atoms with Crippen molar-refractivity contribution in [1.82, 2.24) is 0 Å². The average molecular weight is 368 g/mol. The van der Waals surface area contributed by atoms with E-state index >= 15 is 0 Å². The van der Waals surface area contributed by atoms with Gasteiger partial charge in [-0.1, -0.05) is 0 Å². The van der Waals surface area contributed by atoms with Gasteiger partial charge in [0.05, 0.1) is 13.2 Å². The smallest absolute Gasteiger partial charge is 0.343 e. The largest absolute Gasteiger partial charge is 0.400 e. The summed E-state index contributed by atoms with van der Waals surface area (Å²) >= 11 is 0. The molecule has 0 aromatic rings. The summed E-state index contributed by atoms with van der Waals surface area (Å²) in [6.07, 6.45) is -1.50. The van der Waals surface area contributed by atoms with E-state index in [1.807, 2.05) is 0 Å². The summed E-state index contributed by atoms with van der Waals surface area (Å²) in [6.45, 7) is 8.30. The van der Waals surface area contributed by atoms with Gasteiger partial charge in [0.1, 0.15) is 24.9 Å². The Hall–Kier alpha value is -0.330. The lowest BCUT2D eigenvalue weighted by molar-refractivity contribution is -0.291. The highest BCUT2D eigenvalue weighted by Crippen LogP contribution is 2.47. The third-order valence-corrected chi connectivity index (χ3v) is 4.87. The standard InChI is InChI=1S/C14H24O9S/c1-6-18-24(15,16)19-8-14-11(22-13(4,5)23-14)10-9(7-17-14)20-12(2,3)21-10/h9-11H,6-8H2,1-5H3/t9-,10-,11+,14+/m1/s1. The number of hydrogen-bond donors (Lipinski definition) is 0. The van der Waals surface area contributed by atoms with Crippen molar-refractivity contribution >= 4 is 10.4 Å². The Labute approximate surface area is 141 Å².